The Balaban J connectivity index is 1.97. The Labute approximate surface area is 135 Å². The first-order valence-electron chi connectivity index (χ1n) is 7.15. The molecular weight excluding hydrogens is 334 g/mol. The highest BCUT2D eigenvalue weighted by Crippen LogP contribution is 2.21. The summed E-state index contributed by atoms with van der Waals surface area (Å²) in [6, 6.07) is 6.53. The lowest BCUT2D eigenvalue weighted by atomic mass is 10.1. The molecular formula is C15H22BrN3S. The predicted octanol–water partition coefficient (Wildman–Crippen LogP) is 3.37. The minimum absolute atomic E-state index is 0.430. The van der Waals surface area contributed by atoms with E-state index in [-0.39, 0.29) is 0 Å². The maximum atomic E-state index is 5.79. The molecule has 1 fully saturated rings. The van der Waals surface area contributed by atoms with Gasteiger partial charge in [0.2, 0.25) is 0 Å². The van der Waals surface area contributed by atoms with Crippen LogP contribution in [0.5, 0.6) is 0 Å². The SMILES string of the molecule is CC(CNc1ccc(Br)cc1C(N)=S)N1CCCCC1. The van der Waals surface area contributed by atoms with Crippen molar-refractivity contribution in [1.29, 1.82) is 0 Å². The number of anilines is 1. The average Bonchev–Trinajstić information content (AvgIpc) is 2.46. The van der Waals surface area contributed by atoms with Gasteiger partial charge in [0.05, 0.1) is 0 Å². The summed E-state index contributed by atoms with van der Waals surface area (Å²) in [6.07, 6.45) is 4.01. The molecule has 1 aromatic rings. The first-order valence-corrected chi connectivity index (χ1v) is 8.35. The van der Waals surface area contributed by atoms with Crippen molar-refractivity contribution in [1.82, 2.24) is 4.90 Å². The van der Waals surface area contributed by atoms with E-state index >= 15 is 0 Å². The van der Waals surface area contributed by atoms with Crippen molar-refractivity contribution >= 4 is 38.8 Å². The summed E-state index contributed by atoms with van der Waals surface area (Å²) < 4.78 is 0.995. The second kappa shape index (κ2) is 7.38. The molecule has 1 heterocycles. The summed E-state index contributed by atoms with van der Waals surface area (Å²) >= 11 is 8.58. The maximum absolute atomic E-state index is 5.79. The average molecular weight is 356 g/mol. The van der Waals surface area contributed by atoms with Crippen LogP contribution in [0.15, 0.2) is 22.7 Å². The van der Waals surface area contributed by atoms with Crippen LogP contribution in [0.4, 0.5) is 5.69 Å². The number of nitrogens with zero attached hydrogens (tertiary/aromatic N) is 1. The van der Waals surface area contributed by atoms with E-state index in [1.54, 1.807) is 0 Å². The fourth-order valence-corrected chi connectivity index (χ4v) is 3.15. The third-order valence-electron chi connectivity index (χ3n) is 3.85. The van der Waals surface area contributed by atoms with Gasteiger partial charge in [-0.2, -0.15) is 0 Å². The molecule has 3 N–H and O–H groups in total. The molecule has 2 rings (SSSR count). The van der Waals surface area contributed by atoms with E-state index in [1.165, 1.54) is 32.4 Å². The zero-order valence-corrected chi connectivity index (χ0v) is 14.3. The molecule has 1 atom stereocenters. The van der Waals surface area contributed by atoms with Crippen molar-refractivity contribution in [2.45, 2.75) is 32.2 Å². The molecule has 1 unspecified atom stereocenters. The second-order valence-corrected chi connectivity index (χ2v) is 6.74. The van der Waals surface area contributed by atoms with Gasteiger partial charge in [-0.3, -0.25) is 4.90 Å². The molecule has 0 bridgehead atoms. The quantitative estimate of drug-likeness (QED) is 0.794. The number of nitrogens with one attached hydrogen (secondary N) is 1. The van der Waals surface area contributed by atoms with Gasteiger partial charge in [0.15, 0.2) is 0 Å². The number of thiocarbonyl (C=S) groups is 1. The highest BCUT2D eigenvalue weighted by atomic mass is 79.9. The topological polar surface area (TPSA) is 41.3 Å². The Morgan fingerprint density at radius 1 is 1.40 bits per heavy atom. The molecule has 0 amide bonds. The molecule has 1 saturated heterocycles. The van der Waals surface area contributed by atoms with Crippen LogP contribution < -0.4 is 11.1 Å². The number of likely N-dealkylation sites (tertiary alicyclic amines) is 1. The van der Waals surface area contributed by atoms with Gasteiger partial charge in [-0.15, -0.1) is 0 Å². The number of rotatable bonds is 5. The normalized spacial score (nSPS) is 17.7. The fourth-order valence-electron chi connectivity index (χ4n) is 2.62. The summed E-state index contributed by atoms with van der Waals surface area (Å²) in [4.78, 5) is 2.98. The smallest absolute Gasteiger partial charge is 0.106 e. The van der Waals surface area contributed by atoms with Crippen molar-refractivity contribution in [3.05, 3.63) is 28.2 Å². The van der Waals surface area contributed by atoms with Crippen LogP contribution in [-0.4, -0.2) is 35.6 Å². The largest absolute Gasteiger partial charge is 0.389 e. The van der Waals surface area contributed by atoms with Gasteiger partial charge in [0.1, 0.15) is 4.99 Å². The monoisotopic (exact) mass is 355 g/mol. The van der Waals surface area contributed by atoms with E-state index in [2.05, 4.69) is 33.1 Å². The van der Waals surface area contributed by atoms with Crippen molar-refractivity contribution in [3.8, 4) is 0 Å². The van der Waals surface area contributed by atoms with Crippen LogP contribution in [0.25, 0.3) is 0 Å². The molecule has 5 heteroatoms. The molecule has 1 aliphatic rings. The Bertz CT molecular complexity index is 472. The number of nitrogens with two attached hydrogens (primary N) is 1. The predicted molar refractivity (Wildman–Crippen MR) is 93.4 cm³/mol. The minimum atomic E-state index is 0.430. The highest BCUT2D eigenvalue weighted by Gasteiger charge is 2.16. The summed E-state index contributed by atoms with van der Waals surface area (Å²) in [5, 5.41) is 3.49. The molecule has 110 valence electrons. The molecule has 0 spiro atoms. The van der Waals surface area contributed by atoms with Crippen LogP contribution in [0.1, 0.15) is 31.7 Å². The summed E-state index contributed by atoms with van der Waals surface area (Å²) in [5.74, 6) is 0. The lowest BCUT2D eigenvalue weighted by Gasteiger charge is -2.32. The van der Waals surface area contributed by atoms with Crippen molar-refractivity contribution in [2.24, 2.45) is 5.73 Å². The van der Waals surface area contributed by atoms with Crippen LogP contribution in [0.3, 0.4) is 0 Å². The summed E-state index contributed by atoms with van der Waals surface area (Å²) in [7, 11) is 0. The highest BCUT2D eigenvalue weighted by molar-refractivity contribution is 9.10. The third kappa shape index (κ3) is 4.17. The van der Waals surface area contributed by atoms with Crippen molar-refractivity contribution < 1.29 is 0 Å². The van der Waals surface area contributed by atoms with E-state index in [0.717, 1.165) is 22.3 Å². The number of hydrogen-bond donors (Lipinski definition) is 2. The molecule has 0 saturated carbocycles. The van der Waals surface area contributed by atoms with Gasteiger partial charge >= 0.3 is 0 Å². The first-order chi connectivity index (χ1) is 9.58. The lowest BCUT2D eigenvalue weighted by Crippen LogP contribution is -2.41. The van der Waals surface area contributed by atoms with E-state index < -0.39 is 0 Å². The standard InChI is InChI=1S/C15H22BrN3S/c1-11(19-7-3-2-4-8-19)10-18-14-6-5-12(16)9-13(14)15(17)20/h5-6,9,11,18H,2-4,7-8,10H2,1H3,(H2,17,20). The van der Waals surface area contributed by atoms with Crippen molar-refractivity contribution in [3.63, 3.8) is 0 Å². The van der Waals surface area contributed by atoms with Gasteiger partial charge in [-0.1, -0.05) is 34.6 Å². The van der Waals surface area contributed by atoms with Crippen LogP contribution in [0.2, 0.25) is 0 Å². The summed E-state index contributed by atoms with van der Waals surface area (Å²) in [6.45, 7) is 5.62. The van der Waals surface area contributed by atoms with Gasteiger partial charge < -0.3 is 11.1 Å². The zero-order valence-electron chi connectivity index (χ0n) is 11.9. The van der Waals surface area contributed by atoms with E-state index in [1.807, 2.05) is 18.2 Å². The van der Waals surface area contributed by atoms with E-state index in [0.29, 0.717) is 11.0 Å². The Morgan fingerprint density at radius 2 is 2.10 bits per heavy atom. The fraction of sp³-hybridized carbons (Fsp3) is 0.533. The molecule has 0 radical (unpaired) electrons. The molecule has 3 nitrogen and oxygen atoms in total. The van der Waals surface area contributed by atoms with Gasteiger partial charge in [0, 0.05) is 28.3 Å². The second-order valence-electron chi connectivity index (χ2n) is 5.38. The molecule has 0 aromatic heterocycles. The van der Waals surface area contributed by atoms with Gasteiger partial charge in [-0.05, 0) is 51.1 Å². The van der Waals surface area contributed by atoms with Crippen molar-refractivity contribution in [2.75, 3.05) is 25.0 Å². The summed E-state index contributed by atoms with van der Waals surface area (Å²) in [5.41, 5.74) is 7.71. The molecule has 1 aliphatic heterocycles. The minimum Gasteiger partial charge on any atom is -0.389 e. The van der Waals surface area contributed by atoms with Crippen LogP contribution in [0, 0.1) is 0 Å². The van der Waals surface area contributed by atoms with Gasteiger partial charge in [-0.25, -0.2) is 0 Å². The third-order valence-corrected chi connectivity index (χ3v) is 4.56. The first kappa shape index (κ1) is 15.7. The van der Waals surface area contributed by atoms with Gasteiger partial charge in [0.25, 0.3) is 0 Å². The van der Waals surface area contributed by atoms with E-state index in [4.69, 9.17) is 18.0 Å². The Hall–Kier alpha value is -0.650. The number of piperidine rings is 1. The molecule has 0 aliphatic carbocycles. The zero-order chi connectivity index (χ0) is 14.5. The number of benzene rings is 1. The number of halogens is 1. The molecule has 20 heavy (non-hydrogen) atoms. The van der Waals surface area contributed by atoms with Crippen LogP contribution in [-0.2, 0) is 0 Å². The van der Waals surface area contributed by atoms with E-state index in [9.17, 15) is 0 Å². The van der Waals surface area contributed by atoms with Crippen LogP contribution >= 0.6 is 28.1 Å². The number of hydrogen-bond acceptors (Lipinski definition) is 3. The maximum Gasteiger partial charge on any atom is 0.106 e. The Kier molecular flexibility index (Phi) is 5.81. The Morgan fingerprint density at radius 3 is 2.75 bits per heavy atom. The molecule has 1 aromatic carbocycles. The lowest BCUT2D eigenvalue weighted by molar-refractivity contribution is 0.180.